The maximum Gasteiger partial charge on any atom is 0.259 e. The van der Waals surface area contributed by atoms with E-state index in [1.54, 1.807) is 12.1 Å². The monoisotopic (exact) mass is 273 g/mol. The first-order valence-corrected chi connectivity index (χ1v) is 6.57. The van der Waals surface area contributed by atoms with Crippen molar-refractivity contribution in [1.82, 2.24) is 5.32 Å². The highest BCUT2D eigenvalue weighted by atomic mass is 16.2. The third kappa shape index (κ3) is 1.80. The van der Waals surface area contributed by atoms with Gasteiger partial charge in [-0.25, -0.2) is 0 Å². The standard InChI is InChI=1S/C14H15N3O3/c15-7-14(4-1-5-14)13(20)16-8-2-3-9-10(6-8)12(19)17-11(9)18/h2-3,6H,1,4-5,7,15H2,(H,16,20)(H,17,18,19). The van der Waals surface area contributed by atoms with Gasteiger partial charge in [0, 0.05) is 12.2 Å². The number of hydrogen-bond acceptors (Lipinski definition) is 4. The molecule has 1 fully saturated rings. The van der Waals surface area contributed by atoms with E-state index in [1.165, 1.54) is 6.07 Å². The first kappa shape index (κ1) is 12.8. The Labute approximate surface area is 115 Å². The average molecular weight is 273 g/mol. The van der Waals surface area contributed by atoms with Gasteiger partial charge in [-0.1, -0.05) is 6.42 Å². The fourth-order valence-electron chi connectivity index (χ4n) is 2.64. The SMILES string of the molecule is NCC1(C(=O)Nc2ccc3c(c2)C(=O)NC3=O)CCC1. The first-order valence-electron chi connectivity index (χ1n) is 6.57. The summed E-state index contributed by atoms with van der Waals surface area (Å²) < 4.78 is 0. The zero-order chi connectivity index (χ0) is 14.3. The Morgan fingerprint density at radius 1 is 1.25 bits per heavy atom. The number of hydrogen-bond donors (Lipinski definition) is 3. The predicted molar refractivity (Wildman–Crippen MR) is 72.2 cm³/mol. The zero-order valence-electron chi connectivity index (χ0n) is 10.9. The lowest BCUT2D eigenvalue weighted by Crippen LogP contribution is -2.47. The lowest BCUT2D eigenvalue weighted by atomic mass is 9.68. The van der Waals surface area contributed by atoms with Crippen molar-refractivity contribution >= 4 is 23.4 Å². The van der Waals surface area contributed by atoms with Gasteiger partial charge in [-0.15, -0.1) is 0 Å². The molecule has 4 N–H and O–H groups in total. The molecule has 6 heteroatoms. The van der Waals surface area contributed by atoms with E-state index in [-0.39, 0.29) is 5.91 Å². The van der Waals surface area contributed by atoms with E-state index in [0.29, 0.717) is 23.4 Å². The minimum Gasteiger partial charge on any atom is -0.329 e. The molecule has 0 spiro atoms. The molecule has 0 unspecified atom stereocenters. The van der Waals surface area contributed by atoms with Crippen LogP contribution in [-0.4, -0.2) is 24.3 Å². The maximum absolute atomic E-state index is 12.2. The van der Waals surface area contributed by atoms with Crippen LogP contribution in [0.1, 0.15) is 40.0 Å². The number of nitrogens with two attached hydrogens (primary N) is 1. The van der Waals surface area contributed by atoms with Gasteiger partial charge in [0.05, 0.1) is 16.5 Å². The van der Waals surface area contributed by atoms with Crippen LogP contribution < -0.4 is 16.4 Å². The maximum atomic E-state index is 12.2. The van der Waals surface area contributed by atoms with Gasteiger partial charge in [0.25, 0.3) is 11.8 Å². The second-order valence-corrected chi connectivity index (χ2v) is 5.34. The number of benzene rings is 1. The molecule has 0 saturated heterocycles. The molecular weight excluding hydrogens is 258 g/mol. The summed E-state index contributed by atoms with van der Waals surface area (Å²) in [6, 6.07) is 4.69. The van der Waals surface area contributed by atoms with Crippen LogP contribution in [0, 0.1) is 5.41 Å². The van der Waals surface area contributed by atoms with Crippen molar-refractivity contribution in [3.8, 4) is 0 Å². The summed E-state index contributed by atoms with van der Waals surface area (Å²) in [5.41, 5.74) is 6.35. The largest absolute Gasteiger partial charge is 0.329 e. The highest BCUT2D eigenvalue weighted by Crippen LogP contribution is 2.40. The molecule has 1 aromatic carbocycles. The summed E-state index contributed by atoms with van der Waals surface area (Å²) in [6.07, 6.45) is 2.59. The van der Waals surface area contributed by atoms with Crippen molar-refractivity contribution in [3.05, 3.63) is 29.3 Å². The van der Waals surface area contributed by atoms with Crippen LogP contribution >= 0.6 is 0 Å². The molecule has 3 rings (SSSR count). The topological polar surface area (TPSA) is 101 Å². The van der Waals surface area contributed by atoms with Crippen molar-refractivity contribution in [2.45, 2.75) is 19.3 Å². The van der Waals surface area contributed by atoms with Crippen molar-refractivity contribution < 1.29 is 14.4 Å². The Morgan fingerprint density at radius 2 is 1.95 bits per heavy atom. The summed E-state index contributed by atoms with van der Waals surface area (Å²) in [6.45, 7) is 0.322. The molecule has 104 valence electrons. The first-order chi connectivity index (χ1) is 9.55. The van der Waals surface area contributed by atoms with Gasteiger partial charge >= 0.3 is 0 Å². The molecular formula is C14H15N3O3. The van der Waals surface area contributed by atoms with Gasteiger partial charge in [0.2, 0.25) is 5.91 Å². The van der Waals surface area contributed by atoms with E-state index in [0.717, 1.165) is 19.3 Å². The molecule has 1 saturated carbocycles. The smallest absolute Gasteiger partial charge is 0.259 e. The fourth-order valence-corrected chi connectivity index (χ4v) is 2.64. The van der Waals surface area contributed by atoms with E-state index >= 15 is 0 Å². The highest BCUT2D eigenvalue weighted by Gasteiger charge is 2.42. The van der Waals surface area contributed by atoms with Crippen LogP contribution in [-0.2, 0) is 4.79 Å². The number of anilines is 1. The van der Waals surface area contributed by atoms with Gasteiger partial charge in [-0.2, -0.15) is 0 Å². The number of carbonyl (C=O) groups is 3. The predicted octanol–water partition coefficient (Wildman–Crippen LogP) is 0.638. The summed E-state index contributed by atoms with van der Waals surface area (Å²) in [7, 11) is 0. The van der Waals surface area contributed by atoms with Gasteiger partial charge < -0.3 is 11.1 Å². The second kappa shape index (κ2) is 4.42. The van der Waals surface area contributed by atoms with E-state index < -0.39 is 17.2 Å². The Morgan fingerprint density at radius 3 is 2.55 bits per heavy atom. The van der Waals surface area contributed by atoms with E-state index in [2.05, 4.69) is 10.6 Å². The molecule has 1 aliphatic carbocycles. The average Bonchev–Trinajstić information content (AvgIpc) is 2.64. The third-order valence-electron chi connectivity index (χ3n) is 4.18. The molecule has 20 heavy (non-hydrogen) atoms. The van der Waals surface area contributed by atoms with E-state index in [1.807, 2.05) is 0 Å². The zero-order valence-corrected chi connectivity index (χ0v) is 10.9. The van der Waals surface area contributed by atoms with Crippen LogP contribution in [0.4, 0.5) is 5.69 Å². The van der Waals surface area contributed by atoms with E-state index in [9.17, 15) is 14.4 Å². The molecule has 0 bridgehead atoms. The van der Waals surface area contributed by atoms with Crippen LogP contribution in [0.5, 0.6) is 0 Å². The Kier molecular flexibility index (Phi) is 2.83. The summed E-state index contributed by atoms with van der Waals surface area (Å²) in [5.74, 6) is -0.950. The molecule has 0 radical (unpaired) electrons. The molecule has 0 atom stereocenters. The third-order valence-corrected chi connectivity index (χ3v) is 4.18. The van der Waals surface area contributed by atoms with Gasteiger partial charge in [-0.3, -0.25) is 19.7 Å². The van der Waals surface area contributed by atoms with Crippen molar-refractivity contribution in [2.24, 2.45) is 11.1 Å². The lowest BCUT2D eigenvalue weighted by molar-refractivity contribution is -0.129. The highest BCUT2D eigenvalue weighted by molar-refractivity contribution is 6.22. The van der Waals surface area contributed by atoms with Crippen molar-refractivity contribution in [3.63, 3.8) is 0 Å². The Balaban J connectivity index is 1.83. The molecule has 3 amide bonds. The number of fused-ring (bicyclic) bond motifs is 1. The molecule has 1 aliphatic heterocycles. The lowest BCUT2D eigenvalue weighted by Gasteiger charge is -2.39. The van der Waals surface area contributed by atoms with Gasteiger partial charge in [0.1, 0.15) is 0 Å². The number of amides is 3. The minimum absolute atomic E-state index is 0.115. The molecule has 1 aromatic rings. The Hall–Kier alpha value is -2.21. The number of nitrogens with one attached hydrogen (secondary N) is 2. The second-order valence-electron chi connectivity index (χ2n) is 5.34. The van der Waals surface area contributed by atoms with Crippen molar-refractivity contribution in [2.75, 3.05) is 11.9 Å². The minimum atomic E-state index is -0.475. The number of carbonyl (C=O) groups excluding carboxylic acids is 3. The van der Waals surface area contributed by atoms with Gasteiger partial charge in [0.15, 0.2) is 0 Å². The van der Waals surface area contributed by atoms with Crippen LogP contribution in [0.2, 0.25) is 0 Å². The van der Waals surface area contributed by atoms with Crippen LogP contribution in [0.25, 0.3) is 0 Å². The van der Waals surface area contributed by atoms with Crippen molar-refractivity contribution in [1.29, 1.82) is 0 Å². The van der Waals surface area contributed by atoms with Crippen LogP contribution in [0.15, 0.2) is 18.2 Å². The molecule has 1 heterocycles. The van der Waals surface area contributed by atoms with Crippen LogP contribution in [0.3, 0.4) is 0 Å². The Bertz CT molecular complexity index is 615. The number of rotatable bonds is 3. The molecule has 2 aliphatic rings. The normalized spacial score (nSPS) is 19.1. The number of imide groups is 1. The quantitative estimate of drug-likeness (QED) is 0.703. The van der Waals surface area contributed by atoms with E-state index in [4.69, 9.17) is 5.73 Å². The summed E-state index contributed by atoms with van der Waals surface area (Å²) in [5, 5.41) is 5.01. The summed E-state index contributed by atoms with van der Waals surface area (Å²) >= 11 is 0. The molecule has 0 aromatic heterocycles. The molecule has 6 nitrogen and oxygen atoms in total. The van der Waals surface area contributed by atoms with Gasteiger partial charge in [-0.05, 0) is 31.0 Å². The summed E-state index contributed by atoms with van der Waals surface area (Å²) in [4.78, 5) is 35.2. The fraction of sp³-hybridized carbons (Fsp3) is 0.357.